The van der Waals surface area contributed by atoms with Crippen molar-refractivity contribution in [2.24, 2.45) is 0 Å². The molecule has 1 fully saturated rings. The zero-order valence-electron chi connectivity index (χ0n) is 14.3. The van der Waals surface area contributed by atoms with E-state index in [0.29, 0.717) is 32.5 Å². The van der Waals surface area contributed by atoms with Gasteiger partial charge in [0.05, 0.1) is 12.7 Å². The molecule has 24 heavy (non-hydrogen) atoms. The molecule has 3 rings (SSSR count). The van der Waals surface area contributed by atoms with E-state index in [4.69, 9.17) is 9.47 Å². The van der Waals surface area contributed by atoms with Crippen LogP contribution in [-0.4, -0.2) is 47.8 Å². The molecule has 5 heteroatoms. The Labute approximate surface area is 142 Å². The van der Waals surface area contributed by atoms with Crippen LogP contribution in [0, 0.1) is 0 Å². The van der Waals surface area contributed by atoms with Gasteiger partial charge in [-0.3, -0.25) is 4.79 Å². The van der Waals surface area contributed by atoms with Crippen molar-refractivity contribution in [1.82, 2.24) is 4.90 Å². The number of likely N-dealkylation sites (tertiary alicyclic amines) is 1. The van der Waals surface area contributed by atoms with E-state index in [0.717, 1.165) is 29.0 Å². The predicted octanol–water partition coefficient (Wildman–Crippen LogP) is 2.41. The molecular weight excluding hydrogens is 306 g/mol. The van der Waals surface area contributed by atoms with E-state index >= 15 is 0 Å². The Bertz CT molecular complexity index is 632. The lowest BCUT2D eigenvalue weighted by molar-refractivity contribution is -0.127. The summed E-state index contributed by atoms with van der Waals surface area (Å²) in [6.07, 6.45) is 5.45. The molecule has 0 aliphatic carbocycles. The molecule has 1 amide bonds. The van der Waals surface area contributed by atoms with E-state index in [1.165, 1.54) is 0 Å². The Kier molecular flexibility index (Phi) is 5.09. The van der Waals surface area contributed by atoms with Crippen LogP contribution in [0.3, 0.4) is 0 Å². The number of rotatable bonds is 4. The second-order valence-electron chi connectivity index (χ2n) is 6.45. The van der Waals surface area contributed by atoms with Crippen LogP contribution in [0.4, 0.5) is 0 Å². The van der Waals surface area contributed by atoms with Crippen LogP contribution in [0.2, 0.25) is 0 Å². The molecule has 2 heterocycles. The van der Waals surface area contributed by atoms with Gasteiger partial charge in [0.1, 0.15) is 17.6 Å². The van der Waals surface area contributed by atoms with Crippen LogP contribution in [0.25, 0.3) is 6.08 Å². The number of nitrogens with zero attached hydrogens (tertiary/aromatic N) is 1. The summed E-state index contributed by atoms with van der Waals surface area (Å²) in [5, 5.41) is 9.54. The lowest BCUT2D eigenvalue weighted by atomic mass is 10.1. The average Bonchev–Trinajstić information content (AvgIpc) is 2.92. The maximum absolute atomic E-state index is 12.3. The fourth-order valence-corrected chi connectivity index (χ4v) is 3.22. The normalized spacial score (nSPS) is 21.0. The molecule has 5 nitrogen and oxygen atoms in total. The first kappa shape index (κ1) is 16.8. The monoisotopic (exact) mass is 331 g/mol. The SMILES string of the molecule is CCOc1cc2c(cc1/C=C/C(=O)N1CCC(O)CC1)OC(C)C2. The van der Waals surface area contributed by atoms with E-state index in [9.17, 15) is 9.90 Å². The Morgan fingerprint density at radius 2 is 2.17 bits per heavy atom. The molecule has 2 aliphatic rings. The van der Waals surface area contributed by atoms with Crippen molar-refractivity contribution in [2.75, 3.05) is 19.7 Å². The van der Waals surface area contributed by atoms with Gasteiger partial charge < -0.3 is 19.5 Å². The van der Waals surface area contributed by atoms with Gasteiger partial charge in [-0.25, -0.2) is 0 Å². The van der Waals surface area contributed by atoms with Gasteiger partial charge in [-0.05, 0) is 44.9 Å². The van der Waals surface area contributed by atoms with E-state index < -0.39 is 0 Å². The van der Waals surface area contributed by atoms with Crippen molar-refractivity contribution in [1.29, 1.82) is 0 Å². The van der Waals surface area contributed by atoms with Gasteiger partial charge in [0.25, 0.3) is 0 Å². The number of benzene rings is 1. The number of carbonyl (C=O) groups excluding carboxylic acids is 1. The van der Waals surface area contributed by atoms with E-state index in [1.54, 1.807) is 17.1 Å². The minimum absolute atomic E-state index is 0.0286. The average molecular weight is 331 g/mol. The summed E-state index contributed by atoms with van der Waals surface area (Å²) in [6, 6.07) is 3.97. The molecule has 0 spiro atoms. The molecule has 0 saturated carbocycles. The third kappa shape index (κ3) is 3.73. The van der Waals surface area contributed by atoms with Crippen LogP contribution in [-0.2, 0) is 11.2 Å². The number of carbonyl (C=O) groups is 1. The first-order valence-electron chi connectivity index (χ1n) is 8.68. The van der Waals surface area contributed by atoms with E-state index in [-0.39, 0.29) is 18.1 Å². The van der Waals surface area contributed by atoms with E-state index in [2.05, 4.69) is 0 Å². The Morgan fingerprint density at radius 3 is 2.88 bits per heavy atom. The minimum Gasteiger partial charge on any atom is -0.493 e. The number of aliphatic hydroxyl groups excluding tert-OH is 1. The summed E-state index contributed by atoms with van der Waals surface area (Å²) < 4.78 is 11.5. The van der Waals surface area contributed by atoms with Crippen molar-refractivity contribution in [3.05, 3.63) is 29.3 Å². The van der Waals surface area contributed by atoms with Crippen LogP contribution >= 0.6 is 0 Å². The maximum atomic E-state index is 12.3. The third-order valence-corrected chi connectivity index (χ3v) is 4.51. The molecule has 1 aromatic rings. The van der Waals surface area contributed by atoms with Gasteiger partial charge in [0.2, 0.25) is 5.91 Å². The first-order valence-corrected chi connectivity index (χ1v) is 8.68. The van der Waals surface area contributed by atoms with Gasteiger partial charge in [-0.15, -0.1) is 0 Å². The summed E-state index contributed by atoms with van der Waals surface area (Å²) in [5.74, 6) is 1.63. The molecular formula is C19H25NO4. The molecule has 0 aromatic heterocycles. The number of amides is 1. The van der Waals surface area contributed by atoms with Crippen molar-refractivity contribution in [2.45, 2.75) is 45.3 Å². The van der Waals surface area contributed by atoms with Crippen LogP contribution < -0.4 is 9.47 Å². The number of ether oxygens (including phenoxy) is 2. The Morgan fingerprint density at radius 1 is 1.42 bits per heavy atom. The Hall–Kier alpha value is -2.01. The Balaban J connectivity index is 1.76. The van der Waals surface area contributed by atoms with Gasteiger partial charge >= 0.3 is 0 Å². The fourth-order valence-electron chi connectivity index (χ4n) is 3.22. The third-order valence-electron chi connectivity index (χ3n) is 4.51. The van der Waals surface area contributed by atoms with Crippen molar-refractivity contribution >= 4 is 12.0 Å². The fraction of sp³-hybridized carbons (Fsp3) is 0.526. The predicted molar refractivity (Wildman–Crippen MR) is 92.3 cm³/mol. The molecule has 1 atom stereocenters. The van der Waals surface area contributed by atoms with Crippen molar-refractivity contribution < 1.29 is 19.4 Å². The highest BCUT2D eigenvalue weighted by Crippen LogP contribution is 2.35. The second-order valence-corrected chi connectivity index (χ2v) is 6.45. The van der Waals surface area contributed by atoms with Crippen molar-refractivity contribution in [3.8, 4) is 11.5 Å². The number of hydrogen-bond acceptors (Lipinski definition) is 4. The molecule has 130 valence electrons. The molecule has 1 N–H and O–H groups in total. The molecule has 0 radical (unpaired) electrons. The largest absolute Gasteiger partial charge is 0.493 e. The highest BCUT2D eigenvalue weighted by atomic mass is 16.5. The number of hydrogen-bond donors (Lipinski definition) is 1. The van der Waals surface area contributed by atoms with Crippen LogP contribution in [0.1, 0.15) is 37.8 Å². The molecule has 1 aromatic carbocycles. The first-order chi connectivity index (χ1) is 11.6. The van der Waals surface area contributed by atoms with Crippen molar-refractivity contribution in [3.63, 3.8) is 0 Å². The summed E-state index contributed by atoms with van der Waals surface area (Å²) in [4.78, 5) is 14.1. The van der Waals surface area contributed by atoms with Crippen LogP contribution in [0.15, 0.2) is 18.2 Å². The summed E-state index contributed by atoms with van der Waals surface area (Å²) in [5.41, 5.74) is 2.01. The smallest absolute Gasteiger partial charge is 0.246 e. The highest BCUT2D eigenvalue weighted by Gasteiger charge is 2.22. The molecule has 0 bridgehead atoms. The highest BCUT2D eigenvalue weighted by molar-refractivity contribution is 5.92. The zero-order valence-corrected chi connectivity index (χ0v) is 14.3. The number of fused-ring (bicyclic) bond motifs is 1. The number of piperidine rings is 1. The zero-order chi connectivity index (χ0) is 17.1. The lowest BCUT2D eigenvalue weighted by Gasteiger charge is -2.28. The summed E-state index contributed by atoms with van der Waals surface area (Å²) >= 11 is 0. The molecule has 1 saturated heterocycles. The lowest BCUT2D eigenvalue weighted by Crippen LogP contribution is -2.39. The van der Waals surface area contributed by atoms with Gasteiger partial charge in [0, 0.05) is 36.7 Å². The number of aliphatic hydroxyl groups is 1. The van der Waals surface area contributed by atoms with E-state index in [1.807, 2.05) is 26.0 Å². The topological polar surface area (TPSA) is 59.0 Å². The van der Waals surface area contributed by atoms with Gasteiger partial charge in [-0.1, -0.05) is 0 Å². The molecule has 1 unspecified atom stereocenters. The van der Waals surface area contributed by atoms with Crippen LogP contribution in [0.5, 0.6) is 11.5 Å². The summed E-state index contributed by atoms with van der Waals surface area (Å²) in [7, 11) is 0. The van der Waals surface area contributed by atoms with Gasteiger partial charge in [0.15, 0.2) is 0 Å². The summed E-state index contributed by atoms with van der Waals surface area (Å²) in [6.45, 7) is 5.78. The second kappa shape index (κ2) is 7.26. The quantitative estimate of drug-likeness (QED) is 0.861. The maximum Gasteiger partial charge on any atom is 0.246 e. The molecule has 2 aliphatic heterocycles. The standard InChI is InChI=1S/C19H25NO4/c1-3-23-17-12-15-10-13(2)24-18(15)11-14(17)4-5-19(22)20-8-6-16(21)7-9-20/h4-5,11-13,16,21H,3,6-10H2,1-2H3/b5-4+. The minimum atomic E-state index is -0.279. The van der Waals surface area contributed by atoms with Gasteiger partial charge in [-0.2, -0.15) is 0 Å².